The maximum Gasteiger partial charge on any atom is 0.272 e. The van der Waals surface area contributed by atoms with E-state index in [1.807, 2.05) is 30.0 Å². The van der Waals surface area contributed by atoms with Crippen molar-refractivity contribution in [2.45, 2.75) is 18.8 Å². The number of carbonyl (C=O) groups is 1. The van der Waals surface area contributed by atoms with Crippen molar-refractivity contribution in [3.63, 3.8) is 0 Å². The molecule has 7 heteroatoms. The van der Waals surface area contributed by atoms with Crippen molar-refractivity contribution in [1.29, 1.82) is 0 Å². The number of carbonyl (C=O) groups excluding carboxylic acids is 1. The second-order valence-corrected chi connectivity index (χ2v) is 7.68. The number of hydrogen-bond donors (Lipinski definition) is 0. The Hall–Kier alpha value is -3.35. The second-order valence-electron chi connectivity index (χ2n) is 7.68. The van der Waals surface area contributed by atoms with E-state index in [0.29, 0.717) is 24.7 Å². The number of halogens is 1. The lowest BCUT2D eigenvalue weighted by Crippen LogP contribution is -2.39. The Labute approximate surface area is 175 Å². The maximum atomic E-state index is 13.4. The fourth-order valence-corrected chi connectivity index (χ4v) is 3.80. The zero-order valence-corrected chi connectivity index (χ0v) is 17.1. The number of benzene rings is 1. The fourth-order valence-electron chi connectivity index (χ4n) is 3.80. The number of rotatable bonds is 4. The molecule has 0 unspecified atom stereocenters. The number of nitrogens with zero attached hydrogens (tertiary/aromatic N) is 5. The van der Waals surface area contributed by atoms with E-state index >= 15 is 0 Å². The summed E-state index contributed by atoms with van der Waals surface area (Å²) in [5, 5.41) is 0. The molecule has 1 aliphatic rings. The smallest absolute Gasteiger partial charge is 0.272 e. The van der Waals surface area contributed by atoms with Crippen LogP contribution in [0.4, 0.5) is 10.3 Å². The molecule has 6 nitrogen and oxygen atoms in total. The highest BCUT2D eigenvalue weighted by Gasteiger charge is 2.29. The van der Waals surface area contributed by atoms with Gasteiger partial charge in [-0.1, -0.05) is 18.2 Å². The third kappa shape index (κ3) is 4.15. The van der Waals surface area contributed by atoms with E-state index in [1.165, 1.54) is 12.1 Å². The normalized spacial score (nSPS) is 16.4. The van der Waals surface area contributed by atoms with Gasteiger partial charge in [0, 0.05) is 51.1 Å². The van der Waals surface area contributed by atoms with Crippen molar-refractivity contribution in [2.75, 3.05) is 32.1 Å². The van der Waals surface area contributed by atoms with Gasteiger partial charge >= 0.3 is 0 Å². The zero-order chi connectivity index (χ0) is 21.1. The molecule has 0 radical (unpaired) electrons. The molecule has 154 valence electrons. The van der Waals surface area contributed by atoms with Gasteiger partial charge in [-0.3, -0.25) is 9.78 Å². The van der Waals surface area contributed by atoms with Crippen LogP contribution in [0.15, 0.2) is 54.9 Å². The van der Waals surface area contributed by atoms with Crippen molar-refractivity contribution in [2.24, 2.45) is 0 Å². The topological polar surface area (TPSA) is 62.2 Å². The van der Waals surface area contributed by atoms with Crippen LogP contribution in [-0.2, 0) is 0 Å². The van der Waals surface area contributed by atoms with Gasteiger partial charge in [0.1, 0.15) is 11.5 Å². The first-order valence-electron chi connectivity index (χ1n) is 10.0. The molecule has 0 bridgehead atoms. The Bertz CT molecular complexity index is 1020. The molecule has 3 aromatic rings. The van der Waals surface area contributed by atoms with Crippen LogP contribution in [0.1, 0.15) is 34.9 Å². The summed E-state index contributed by atoms with van der Waals surface area (Å²) in [6.45, 7) is 1.26. The number of anilines is 1. The van der Waals surface area contributed by atoms with Gasteiger partial charge in [-0.25, -0.2) is 14.4 Å². The standard InChI is InChI=1S/C23H24FN5O/c1-28(2)23-26-14-19(16-8-10-18(24)11-9-16)21(27-23)17-6-5-13-29(15-17)22(30)20-7-3-4-12-25-20/h3-4,7-12,14,17H,5-6,13,15H2,1-2H3/t17-/m1/s1. The van der Waals surface area contributed by atoms with Gasteiger partial charge in [-0.15, -0.1) is 0 Å². The number of aromatic nitrogens is 3. The summed E-state index contributed by atoms with van der Waals surface area (Å²) < 4.78 is 13.4. The van der Waals surface area contributed by atoms with Gasteiger partial charge in [0.05, 0.1) is 5.69 Å². The molecule has 1 saturated heterocycles. The fraction of sp³-hybridized carbons (Fsp3) is 0.304. The second kappa shape index (κ2) is 8.57. The molecule has 2 aromatic heterocycles. The Morgan fingerprint density at radius 2 is 1.93 bits per heavy atom. The molecule has 1 fully saturated rings. The number of hydrogen-bond acceptors (Lipinski definition) is 5. The van der Waals surface area contributed by atoms with Crippen molar-refractivity contribution in [3.05, 3.63) is 72.1 Å². The predicted molar refractivity (Wildman–Crippen MR) is 114 cm³/mol. The average Bonchev–Trinajstić information content (AvgIpc) is 2.79. The number of piperidine rings is 1. The highest BCUT2D eigenvalue weighted by Crippen LogP contribution is 2.34. The minimum absolute atomic E-state index is 0.0631. The third-order valence-corrected chi connectivity index (χ3v) is 5.34. The summed E-state index contributed by atoms with van der Waals surface area (Å²) in [5.74, 6) is 0.332. The molecule has 0 saturated carbocycles. The van der Waals surface area contributed by atoms with Gasteiger partial charge in [0.15, 0.2) is 0 Å². The molecular weight excluding hydrogens is 381 g/mol. The van der Waals surface area contributed by atoms with Crippen LogP contribution < -0.4 is 4.90 Å². The molecule has 3 heterocycles. The summed E-state index contributed by atoms with van der Waals surface area (Å²) in [5.41, 5.74) is 3.08. The minimum Gasteiger partial charge on any atom is -0.347 e. The Morgan fingerprint density at radius 1 is 1.13 bits per heavy atom. The molecule has 1 amide bonds. The first kappa shape index (κ1) is 19.9. The van der Waals surface area contributed by atoms with Gasteiger partial charge in [0.25, 0.3) is 5.91 Å². The summed E-state index contributed by atoms with van der Waals surface area (Å²) in [4.78, 5) is 30.1. The molecule has 30 heavy (non-hydrogen) atoms. The van der Waals surface area contributed by atoms with E-state index in [0.717, 1.165) is 29.7 Å². The summed E-state index contributed by atoms with van der Waals surface area (Å²) >= 11 is 0. The van der Waals surface area contributed by atoms with E-state index in [4.69, 9.17) is 4.98 Å². The molecule has 0 spiro atoms. The first-order chi connectivity index (χ1) is 14.5. The summed E-state index contributed by atoms with van der Waals surface area (Å²) in [7, 11) is 3.79. The van der Waals surface area contributed by atoms with E-state index in [-0.39, 0.29) is 17.6 Å². The van der Waals surface area contributed by atoms with Crippen molar-refractivity contribution < 1.29 is 9.18 Å². The van der Waals surface area contributed by atoms with Crippen LogP contribution in [0.2, 0.25) is 0 Å². The highest BCUT2D eigenvalue weighted by atomic mass is 19.1. The van der Waals surface area contributed by atoms with Crippen molar-refractivity contribution >= 4 is 11.9 Å². The van der Waals surface area contributed by atoms with Gasteiger partial charge < -0.3 is 9.80 Å². The van der Waals surface area contributed by atoms with E-state index in [9.17, 15) is 9.18 Å². The number of likely N-dealkylation sites (tertiary alicyclic amines) is 1. The summed E-state index contributed by atoms with van der Waals surface area (Å²) in [6.07, 6.45) is 5.23. The quantitative estimate of drug-likeness (QED) is 0.661. The monoisotopic (exact) mass is 405 g/mol. The Balaban J connectivity index is 1.68. The molecule has 1 atom stereocenters. The SMILES string of the molecule is CN(C)c1ncc(-c2ccc(F)cc2)c([C@@H]2CCCN(C(=O)c3ccccn3)C2)n1. The Kier molecular flexibility index (Phi) is 5.70. The van der Waals surface area contributed by atoms with Crippen molar-refractivity contribution in [3.8, 4) is 11.1 Å². The highest BCUT2D eigenvalue weighted by molar-refractivity contribution is 5.92. The predicted octanol–water partition coefficient (Wildman–Crippen LogP) is 3.76. The number of pyridine rings is 1. The zero-order valence-electron chi connectivity index (χ0n) is 17.1. The summed E-state index contributed by atoms with van der Waals surface area (Å²) in [6, 6.07) is 11.7. The lowest BCUT2D eigenvalue weighted by molar-refractivity contribution is 0.0700. The van der Waals surface area contributed by atoms with Crippen LogP contribution in [0.5, 0.6) is 0 Å². The van der Waals surface area contributed by atoms with Crippen LogP contribution >= 0.6 is 0 Å². The van der Waals surface area contributed by atoms with Crippen LogP contribution in [-0.4, -0.2) is 52.9 Å². The van der Waals surface area contributed by atoms with E-state index in [1.54, 1.807) is 36.7 Å². The van der Waals surface area contributed by atoms with E-state index in [2.05, 4.69) is 9.97 Å². The molecule has 0 N–H and O–H groups in total. The van der Waals surface area contributed by atoms with Gasteiger partial charge in [-0.05, 0) is 42.7 Å². The number of amides is 1. The third-order valence-electron chi connectivity index (χ3n) is 5.34. The van der Waals surface area contributed by atoms with Crippen LogP contribution in [0, 0.1) is 5.82 Å². The largest absolute Gasteiger partial charge is 0.347 e. The average molecular weight is 405 g/mol. The first-order valence-corrected chi connectivity index (χ1v) is 10.0. The van der Waals surface area contributed by atoms with Gasteiger partial charge in [0.2, 0.25) is 5.95 Å². The maximum absolute atomic E-state index is 13.4. The molecule has 0 aliphatic carbocycles. The van der Waals surface area contributed by atoms with Gasteiger partial charge in [-0.2, -0.15) is 0 Å². The lowest BCUT2D eigenvalue weighted by atomic mass is 9.89. The molecular formula is C23H24FN5O. The van der Waals surface area contributed by atoms with Crippen molar-refractivity contribution in [1.82, 2.24) is 19.9 Å². The minimum atomic E-state index is -0.282. The van der Waals surface area contributed by atoms with E-state index < -0.39 is 0 Å². The van der Waals surface area contributed by atoms with Crippen LogP contribution in [0.25, 0.3) is 11.1 Å². The molecule has 4 rings (SSSR count). The molecule has 1 aliphatic heterocycles. The Morgan fingerprint density at radius 3 is 2.63 bits per heavy atom. The lowest BCUT2D eigenvalue weighted by Gasteiger charge is -2.33. The molecule has 1 aromatic carbocycles. The van der Waals surface area contributed by atoms with Crippen LogP contribution in [0.3, 0.4) is 0 Å².